The fraction of sp³-hybridized carbons (Fsp3) is 0.429. The van der Waals surface area contributed by atoms with E-state index >= 15 is 0 Å². The van der Waals surface area contributed by atoms with Gasteiger partial charge in [0.1, 0.15) is 12.4 Å². The van der Waals surface area contributed by atoms with Crippen molar-refractivity contribution in [1.82, 2.24) is 9.97 Å². The Balaban J connectivity index is 1.87. The van der Waals surface area contributed by atoms with Gasteiger partial charge in [0.15, 0.2) is 5.82 Å². The Morgan fingerprint density at radius 2 is 1.83 bits per heavy atom. The molecule has 0 aliphatic carbocycles. The standard InChI is InChI=1S/C14H18N4/c15-14-11-6-2-3-7-12(11)16-13(17-14)10-18-8-4-1-5-9-18/h2-3,6-7H,1,4-5,8-10H2,(H2,15,16,17)/p+1. The third-order valence-electron chi connectivity index (χ3n) is 3.65. The molecule has 1 saturated heterocycles. The summed E-state index contributed by atoms with van der Waals surface area (Å²) in [5, 5.41) is 0.954. The summed E-state index contributed by atoms with van der Waals surface area (Å²) in [4.78, 5) is 10.6. The van der Waals surface area contributed by atoms with E-state index in [4.69, 9.17) is 5.73 Å². The minimum Gasteiger partial charge on any atom is -0.383 e. The van der Waals surface area contributed by atoms with Gasteiger partial charge in [0.25, 0.3) is 0 Å². The molecule has 4 nitrogen and oxygen atoms in total. The Morgan fingerprint density at radius 1 is 1.06 bits per heavy atom. The van der Waals surface area contributed by atoms with Gasteiger partial charge in [-0.15, -0.1) is 0 Å². The zero-order valence-electron chi connectivity index (χ0n) is 10.5. The lowest BCUT2D eigenvalue weighted by molar-refractivity contribution is -0.919. The summed E-state index contributed by atoms with van der Waals surface area (Å²) in [6.07, 6.45) is 4.00. The number of fused-ring (bicyclic) bond motifs is 1. The topological polar surface area (TPSA) is 56.2 Å². The molecule has 2 heterocycles. The number of nitrogens with one attached hydrogen (secondary N) is 1. The van der Waals surface area contributed by atoms with Crippen molar-refractivity contribution in [3.63, 3.8) is 0 Å². The molecule has 4 heteroatoms. The number of para-hydroxylation sites is 1. The number of nitrogens with two attached hydrogens (primary N) is 1. The third kappa shape index (κ3) is 2.29. The second-order valence-electron chi connectivity index (χ2n) is 5.03. The Bertz CT molecular complexity index is 546. The molecule has 2 aromatic rings. The summed E-state index contributed by atoms with van der Waals surface area (Å²) in [6, 6.07) is 7.94. The van der Waals surface area contributed by atoms with Crippen molar-refractivity contribution in [1.29, 1.82) is 0 Å². The molecule has 0 atom stereocenters. The number of nitrogens with zero attached hydrogens (tertiary/aromatic N) is 2. The van der Waals surface area contributed by atoms with Crippen LogP contribution in [0.1, 0.15) is 25.1 Å². The average molecular weight is 243 g/mol. The molecule has 3 N–H and O–H groups in total. The number of quaternary nitrogens is 1. The number of nitrogen functional groups attached to an aromatic ring is 1. The van der Waals surface area contributed by atoms with Crippen molar-refractivity contribution in [2.75, 3.05) is 18.8 Å². The number of anilines is 1. The van der Waals surface area contributed by atoms with Gasteiger partial charge >= 0.3 is 0 Å². The van der Waals surface area contributed by atoms with Gasteiger partial charge in [0.05, 0.1) is 18.6 Å². The number of piperidine rings is 1. The maximum atomic E-state index is 6.00. The van der Waals surface area contributed by atoms with E-state index < -0.39 is 0 Å². The Labute approximate surface area is 107 Å². The first-order valence-corrected chi connectivity index (χ1v) is 6.67. The minimum atomic E-state index is 0.604. The van der Waals surface area contributed by atoms with Crippen LogP contribution in [0.15, 0.2) is 24.3 Å². The molecular weight excluding hydrogens is 224 g/mol. The quantitative estimate of drug-likeness (QED) is 0.819. The fourth-order valence-electron chi connectivity index (χ4n) is 2.68. The first-order valence-electron chi connectivity index (χ1n) is 6.67. The van der Waals surface area contributed by atoms with Gasteiger partial charge in [-0.05, 0) is 31.4 Å². The van der Waals surface area contributed by atoms with Gasteiger partial charge < -0.3 is 10.6 Å². The van der Waals surface area contributed by atoms with E-state index in [-0.39, 0.29) is 0 Å². The summed E-state index contributed by atoms with van der Waals surface area (Å²) >= 11 is 0. The predicted octanol–water partition coefficient (Wildman–Crippen LogP) is 0.781. The lowest BCUT2D eigenvalue weighted by Crippen LogP contribution is -3.11. The highest BCUT2D eigenvalue weighted by Gasteiger charge is 2.16. The molecular formula is C14H19N4+. The molecule has 1 aliphatic rings. The van der Waals surface area contributed by atoms with Crippen molar-refractivity contribution in [2.45, 2.75) is 25.8 Å². The molecule has 3 rings (SSSR count). The normalized spacial score (nSPS) is 17.1. The second kappa shape index (κ2) is 4.90. The van der Waals surface area contributed by atoms with E-state index in [1.807, 2.05) is 24.3 Å². The van der Waals surface area contributed by atoms with Gasteiger partial charge in [0.2, 0.25) is 0 Å². The van der Waals surface area contributed by atoms with Gasteiger partial charge in [-0.1, -0.05) is 12.1 Å². The van der Waals surface area contributed by atoms with E-state index in [1.165, 1.54) is 32.4 Å². The van der Waals surface area contributed by atoms with Crippen LogP contribution in [0.4, 0.5) is 5.82 Å². The Hall–Kier alpha value is -1.68. The van der Waals surface area contributed by atoms with Crippen LogP contribution in [-0.2, 0) is 6.54 Å². The summed E-state index contributed by atoms with van der Waals surface area (Å²) in [5.74, 6) is 1.48. The lowest BCUT2D eigenvalue weighted by atomic mass is 10.1. The van der Waals surface area contributed by atoms with Crippen molar-refractivity contribution >= 4 is 16.7 Å². The highest BCUT2D eigenvalue weighted by atomic mass is 15.1. The van der Waals surface area contributed by atoms with Crippen LogP contribution in [0.25, 0.3) is 10.9 Å². The van der Waals surface area contributed by atoms with E-state index in [0.29, 0.717) is 5.82 Å². The molecule has 18 heavy (non-hydrogen) atoms. The zero-order chi connectivity index (χ0) is 12.4. The molecule has 0 unspecified atom stereocenters. The van der Waals surface area contributed by atoms with Crippen molar-refractivity contribution in [3.8, 4) is 0 Å². The highest BCUT2D eigenvalue weighted by Crippen LogP contribution is 2.16. The first-order chi connectivity index (χ1) is 8.83. The molecule has 0 saturated carbocycles. The SMILES string of the molecule is Nc1nc(C[NH+]2CCCCC2)nc2ccccc12. The summed E-state index contributed by atoms with van der Waals surface area (Å²) in [5.41, 5.74) is 6.96. The number of aromatic nitrogens is 2. The molecule has 1 aromatic carbocycles. The van der Waals surface area contributed by atoms with Gasteiger partial charge in [-0.25, -0.2) is 9.97 Å². The average Bonchev–Trinajstić information content (AvgIpc) is 2.40. The van der Waals surface area contributed by atoms with Crippen LogP contribution < -0.4 is 10.6 Å². The molecule has 0 bridgehead atoms. The number of hydrogen-bond donors (Lipinski definition) is 2. The summed E-state index contributed by atoms with van der Waals surface area (Å²) < 4.78 is 0. The van der Waals surface area contributed by atoms with Crippen LogP contribution in [-0.4, -0.2) is 23.1 Å². The van der Waals surface area contributed by atoms with E-state index in [2.05, 4.69) is 9.97 Å². The molecule has 1 aromatic heterocycles. The van der Waals surface area contributed by atoms with Gasteiger partial charge in [-0.3, -0.25) is 0 Å². The smallest absolute Gasteiger partial charge is 0.186 e. The predicted molar refractivity (Wildman–Crippen MR) is 72.2 cm³/mol. The molecule has 1 fully saturated rings. The number of hydrogen-bond acceptors (Lipinski definition) is 3. The van der Waals surface area contributed by atoms with Crippen molar-refractivity contribution in [3.05, 3.63) is 30.1 Å². The number of benzene rings is 1. The van der Waals surface area contributed by atoms with E-state index in [9.17, 15) is 0 Å². The Kier molecular flexibility index (Phi) is 3.11. The molecule has 0 spiro atoms. The molecule has 0 amide bonds. The maximum absolute atomic E-state index is 6.00. The van der Waals surface area contributed by atoms with Crippen LogP contribution in [0.2, 0.25) is 0 Å². The van der Waals surface area contributed by atoms with Crippen LogP contribution in [0, 0.1) is 0 Å². The second-order valence-corrected chi connectivity index (χ2v) is 5.03. The lowest BCUT2D eigenvalue weighted by Gasteiger charge is -2.22. The van der Waals surface area contributed by atoms with Crippen LogP contribution in [0.5, 0.6) is 0 Å². The minimum absolute atomic E-state index is 0.604. The largest absolute Gasteiger partial charge is 0.383 e. The highest BCUT2D eigenvalue weighted by molar-refractivity contribution is 5.87. The van der Waals surface area contributed by atoms with Gasteiger partial charge in [-0.2, -0.15) is 0 Å². The monoisotopic (exact) mass is 243 g/mol. The maximum Gasteiger partial charge on any atom is 0.186 e. The number of likely N-dealkylation sites (tertiary alicyclic amines) is 1. The van der Waals surface area contributed by atoms with Crippen molar-refractivity contribution in [2.24, 2.45) is 0 Å². The third-order valence-corrected chi connectivity index (χ3v) is 3.65. The van der Waals surface area contributed by atoms with Gasteiger partial charge in [0, 0.05) is 5.39 Å². The van der Waals surface area contributed by atoms with Crippen LogP contribution in [0.3, 0.4) is 0 Å². The van der Waals surface area contributed by atoms with Crippen LogP contribution >= 0.6 is 0 Å². The van der Waals surface area contributed by atoms with E-state index in [0.717, 1.165) is 23.3 Å². The first kappa shape index (κ1) is 11.4. The Morgan fingerprint density at radius 3 is 2.67 bits per heavy atom. The number of rotatable bonds is 2. The zero-order valence-corrected chi connectivity index (χ0v) is 10.5. The fourth-order valence-corrected chi connectivity index (χ4v) is 2.68. The summed E-state index contributed by atoms with van der Waals surface area (Å²) in [6.45, 7) is 3.36. The molecule has 94 valence electrons. The molecule has 0 radical (unpaired) electrons. The summed E-state index contributed by atoms with van der Waals surface area (Å²) in [7, 11) is 0. The van der Waals surface area contributed by atoms with E-state index in [1.54, 1.807) is 4.90 Å². The van der Waals surface area contributed by atoms with Crippen molar-refractivity contribution < 1.29 is 4.90 Å². The molecule has 1 aliphatic heterocycles.